The maximum absolute atomic E-state index is 11.9. The van der Waals surface area contributed by atoms with Crippen molar-refractivity contribution in [3.05, 3.63) is 59.7 Å². The van der Waals surface area contributed by atoms with Gasteiger partial charge in [0, 0.05) is 0 Å². The van der Waals surface area contributed by atoms with Gasteiger partial charge in [-0.2, -0.15) is 5.48 Å². The van der Waals surface area contributed by atoms with E-state index in [2.05, 4.69) is 17.6 Å². The zero-order valence-corrected chi connectivity index (χ0v) is 17.4. The number of ether oxygens (including phenoxy) is 1. The molecule has 0 radical (unpaired) electrons. The van der Waals surface area contributed by atoms with E-state index < -0.39 is 11.9 Å². The Balaban J connectivity index is 1.12. The number of benzene rings is 2. The maximum atomic E-state index is 11.9. The second-order valence-corrected chi connectivity index (χ2v) is 9.47. The van der Waals surface area contributed by atoms with Gasteiger partial charge in [-0.15, -0.1) is 0 Å². The first-order chi connectivity index (χ1) is 15.0. The summed E-state index contributed by atoms with van der Waals surface area (Å²) in [6.45, 7) is -0.250. The molecule has 4 saturated carbocycles. The highest BCUT2D eigenvalue weighted by molar-refractivity contribution is 5.90. The highest BCUT2D eigenvalue weighted by atomic mass is 16.7. The average Bonchev–Trinajstić information content (AvgIpc) is 2.76. The van der Waals surface area contributed by atoms with E-state index >= 15 is 0 Å². The van der Waals surface area contributed by atoms with Gasteiger partial charge in [-0.3, -0.25) is 4.79 Å². The number of phenolic OH excluding ortho intramolecular Hbond substituents is 1. The molecule has 0 unspecified atom stereocenters. The molecular formula is C25H27NO5. The summed E-state index contributed by atoms with van der Waals surface area (Å²) >= 11 is 0. The van der Waals surface area contributed by atoms with E-state index in [-0.39, 0.29) is 17.9 Å². The molecule has 0 aromatic heterocycles. The summed E-state index contributed by atoms with van der Waals surface area (Å²) in [4.78, 5) is 28.6. The van der Waals surface area contributed by atoms with Crippen LogP contribution in [0.25, 0.3) is 0 Å². The first-order valence-corrected chi connectivity index (χ1v) is 11.0. The van der Waals surface area contributed by atoms with Crippen LogP contribution in [-0.2, 0) is 15.0 Å². The lowest BCUT2D eigenvalue weighted by Crippen LogP contribution is -2.48. The second-order valence-electron chi connectivity index (χ2n) is 9.47. The highest BCUT2D eigenvalue weighted by Crippen LogP contribution is 2.60. The van der Waals surface area contributed by atoms with Crippen molar-refractivity contribution in [2.24, 2.45) is 17.8 Å². The molecule has 4 aliphatic rings. The van der Waals surface area contributed by atoms with Crippen LogP contribution in [0.5, 0.6) is 11.5 Å². The summed E-state index contributed by atoms with van der Waals surface area (Å²) in [6, 6.07) is 13.7. The lowest BCUT2D eigenvalue weighted by Gasteiger charge is -2.57. The molecule has 162 valence electrons. The third-order valence-electron chi connectivity index (χ3n) is 7.24. The summed E-state index contributed by atoms with van der Waals surface area (Å²) < 4.78 is 5.56. The summed E-state index contributed by atoms with van der Waals surface area (Å²) in [6.07, 6.45) is 8.21. The smallest absolute Gasteiger partial charge is 0.362 e. The number of hydroxylamine groups is 1. The third-order valence-corrected chi connectivity index (χ3v) is 7.24. The van der Waals surface area contributed by atoms with E-state index in [4.69, 9.17) is 9.57 Å². The summed E-state index contributed by atoms with van der Waals surface area (Å²) in [5.74, 6) is 2.09. The summed E-state index contributed by atoms with van der Waals surface area (Å²) in [5, 5.41) is 9.24. The minimum absolute atomic E-state index is 0.0446. The molecule has 6 nitrogen and oxygen atoms in total. The zero-order valence-electron chi connectivity index (χ0n) is 17.4. The number of aromatic hydroxyl groups is 1. The SMILES string of the molecule is O=C(COc1ccc(C23CC4CC(CC(C4)C2)C3)cc1)NOC(=O)c1ccc(O)cc1. The van der Waals surface area contributed by atoms with E-state index in [0.29, 0.717) is 11.2 Å². The predicted molar refractivity (Wildman–Crippen MR) is 113 cm³/mol. The number of carbonyl (C=O) groups is 2. The number of amides is 1. The van der Waals surface area contributed by atoms with Crippen LogP contribution in [0.3, 0.4) is 0 Å². The van der Waals surface area contributed by atoms with Crippen molar-refractivity contribution < 1.29 is 24.3 Å². The summed E-state index contributed by atoms with van der Waals surface area (Å²) in [7, 11) is 0. The number of nitrogens with one attached hydrogen (secondary N) is 1. The molecule has 6 heteroatoms. The molecule has 4 fully saturated rings. The third kappa shape index (κ3) is 4.11. The molecule has 0 atom stereocenters. The van der Waals surface area contributed by atoms with Crippen molar-refractivity contribution >= 4 is 11.9 Å². The first-order valence-electron chi connectivity index (χ1n) is 11.0. The molecule has 0 aliphatic heterocycles. The number of carbonyl (C=O) groups excluding carboxylic acids is 2. The van der Waals surface area contributed by atoms with Crippen LogP contribution in [0.15, 0.2) is 48.5 Å². The van der Waals surface area contributed by atoms with Gasteiger partial charge in [0.2, 0.25) is 0 Å². The van der Waals surface area contributed by atoms with Crippen molar-refractivity contribution in [2.45, 2.75) is 43.9 Å². The van der Waals surface area contributed by atoms with Gasteiger partial charge in [-0.25, -0.2) is 4.79 Å². The fourth-order valence-electron chi connectivity index (χ4n) is 6.31. The van der Waals surface area contributed by atoms with Gasteiger partial charge < -0.3 is 14.7 Å². The standard InChI is InChI=1S/C25H27NO5/c27-21-5-1-19(2-6-21)24(29)31-26-23(28)15-30-22-7-3-20(4-8-22)25-12-16-9-17(13-25)11-18(10-16)14-25/h1-8,16-18,27H,9-15H2,(H,26,28). The van der Waals surface area contributed by atoms with Gasteiger partial charge in [0.1, 0.15) is 11.5 Å². The van der Waals surface area contributed by atoms with E-state index in [9.17, 15) is 14.7 Å². The van der Waals surface area contributed by atoms with E-state index in [1.807, 2.05) is 12.1 Å². The Labute approximate surface area is 181 Å². The van der Waals surface area contributed by atoms with Gasteiger partial charge >= 0.3 is 5.97 Å². The van der Waals surface area contributed by atoms with Crippen molar-refractivity contribution in [3.63, 3.8) is 0 Å². The van der Waals surface area contributed by atoms with Gasteiger partial charge in [-0.1, -0.05) is 12.1 Å². The van der Waals surface area contributed by atoms with Crippen LogP contribution in [0, 0.1) is 17.8 Å². The van der Waals surface area contributed by atoms with Crippen molar-refractivity contribution in [1.82, 2.24) is 5.48 Å². The minimum atomic E-state index is -0.715. The Morgan fingerprint density at radius 2 is 1.48 bits per heavy atom. The first kappa shape index (κ1) is 19.9. The van der Waals surface area contributed by atoms with Gasteiger partial charge in [0.05, 0.1) is 5.56 Å². The molecule has 1 amide bonds. The Morgan fingerprint density at radius 1 is 0.903 bits per heavy atom. The Bertz CT molecular complexity index is 931. The molecule has 2 aromatic rings. The molecule has 6 rings (SSSR count). The predicted octanol–water partition coefficient (Wildman–Crippen LogP) is 4.13. The molecule has 4 aliphatic carbocycles. The molecule has 2 N–H and O–H groups in total. The Kier molecular flexibility index (Phi) is 5.08. The van der Waals surface area contributed by atoms with Gasteiger partial charge in [-0.05, 0) is 104 Å². The quantitative estimate of drug-likeness (QED) is 0.709. The number of hydrogen-bond acceptors (Lipinski definition) is 5. The fraction of sp³-hybridized carbons (Fsp3) is 0.440. The Morgan fingerprint density at radius 3 is 2.06 bits per heavy atom. The highest BCUT2D eigenvalue weighted by Gasteiger charge is 2.51. The average molecular weight is 421 g/mol. The van der Waals surface area contributed by atoms with E-state index in [0.717, 1.165) is 17.8 Å². The monoisotopic (exact) mass is 421 g/mol. The molecular weight excluding hydrogens is 394 g/mol. The molecule has 4 bridgehead atoms. The topological polar surface area (TPSA) is 84.9 Å². The summed E-state index contributed by atoms with van der Waals surface area (Å²) in [5.41, 5.74) is 4.06. The lowest BCUT2D eigenvalue weighted by atomic mass is 9.48. The van der Waals surface area contributed by atoms with Crippen LogP contribution >= 0.6 is 0 Å². The van der Waals surface area contributed by atoms with Crippen molar-refractivity contribution in [2.75, 3.05) is 6.61 Å². The molecule has 0 saturated heterocycles. The molecule has 0 heterocycles. The number of hydrogen-bond donors (Lipinski definition) is 2. The van der Waals surface area contributed by atoms with Crippen LogP contribution in [-0.4, -0.2) is 23.6 Å². The normalized spacial score (nSPS) is 28.2. The van der Waals surface area contributed by atoms with Crippen LogP contribution in [0.4, 0.5) is 0 Å². The molecule has 0 spiro atoms. The van der Waals surface area contributed by atoms with Crippen LogP contribution in [0.1, 0.15) is 54.4 Å². The van der Waals surface area contributed by atoms with Crippen LogP contribution < -0.4 is 10.2 Å². The van der Waals surface area contributed by atoms with E-state index in [1.54, 1.807) is 0 Å². The lowest BCUT2D eigenvalue weighted by molar-refractivity contribution is -0.132. The van der Waals surface area contributed by atoms with Crippen molar-refractivity contribution in [1.29, 1.82) is 0 Å². The maximum Gasteiger partial charge on any atom is 0.362 e. The number of rotatable bonds is 5. The fourth-order valence-corrected chi connectivity index (χ4v) is 6.31. The van der Waals surface area contributed by atoms with Gasteiger partial charge in [0.15, 0.2) is 6.61 Å². The molecule has 31 heavy (non-hydrogen) atoms. The van der Waals surface area contributed by atoms with Crippen molar-refractivity contribution in [3.8, 4) is 11.5 Å². The molecule has 2 aromatic carbocycles. The largest absolute Gasteiger partial charge is 0.508 e. The second kappa shape index (κ2) is 7.91. The zero-order chi connectivity index (χ0) is 21.4. The minimum Gasteiger partial charge on any atom is -0.508 e. The number of phenols is 1. The van der Waals surface area contributed by atoms with Gasteiger partial charge in [0.25, 0.3) is 5.91 Å². The van der Waals surface area contributed by atoms with Crippen LogP contribution in [0.2, 0.25) is 0 Å². The van der Waals surface area contributed by atoms with E-state index in [1.165, 1.54) is 68.4 Å². The Hall–Kier alpha value is -3.02.